The second-order valence-corrected chi connectivity index (χ2v) is 6.48. The lowest BCUT2D eigenvalue weighted by Crippen LogP contribution is -2.46. The molecule has 0 aromatic heterocycles. The molecule has 1 saturated carbocycles. The van der Waals surface area contributed by atoms with E-state index in [2.05, 4.69) is 5.32 Å². The molecule has 1 fully saturated rings. The van der Waals surface area contributed by atoms with Crippen molar-refractivity contribution in [1.82, 2.24) is 5.32 Å². The molecule has 116 valence electrons. The fraction of sp³-hybridized carbons (Fsp3) is 0.588. The van der Waals surface area contributed by atoms with Crippen LogP contribution in [0.4, 0.5) is 4.39 Å². The van der Waals surface area contributed by atoms with Crippen LogP contribution in [0.1, 0.15) is 45.1 Å². The number of nitrogens with one attached hydrogen (secondary N) is 1. The fourth-order valence-electron chi connectivity index (χ4n) is 2.95. The molecule has 1 aromatic carbocycles. The Hall–Kier alpha value is -1.42. The van der Waals surface area contributed by atoms with Gasteiger partial charge in [0.05, 0.1) is 5.41 Å². The third kappa shape index (κ3) is 3.62. The van der Waals surface area contributed by atoms with Crippen LogP contribution in [0.15, 0.2) is 24.3 Å². The molecule has 1 aromatic rings. The number of carbonyl (C=O) groups excluding carboxylic acids is 1. The topological polar surface area (TPSA) is 49.3 Å². The molecule has 21 heavy (non-hydrogen) atoms. The van der Waals surface area contributed by atoms with Crippen molar-refractivity contribution < 1.29 is 14.3 Å². The maximum absolute atomic E-state index is 13.9. The van der Waals surface area contributed by atoms with E-state index >= 15 is 0 Å². The summed E-state index contributed by atoms with van der Waals surface area (Å²) >= 11 is 0. The van der Waals surface area contributed by atoms with E-state index in [-0.39, 0.29) is 24.4 Å². The van der Waals surface area contributed by atoms with Gasteiger partial charge in [0.25, 0.3) is 0 Å². The lowest BCUT2D eigenvalue weighted by molar-refractivity contribution is -0.126. The Morgan fingerprint density at radius 2 is 1.90 bits per heavy atom. The van der Waals surface area contributed by atoms with Gasteiger partial charge in [-0.3, -0.25) is 4.79 Å². The Morgan fingerprint density at radius 1 is 1.29 bits per heavy atom. The van der Waals surface area contributed by atoms with Crippen LogP contribution in [0, 0.1) is 11.7 Å². The highest BCUT2D eigenvalue weighted by atomic mass is 19.1. The molecule has 0 spiro atoms. The highest BCUT2D eigenvalue weighted by Crippen LogP contribution is 2.28. The summed E-state index contributed by atoms with van der Waals surface area (Å²) < 4.78 is 13.9. The molecular weight excluding hydrogens is 269 g/mol. The fourth-order valence-corrected chi connectivity index (χ4v) is 2.95. The van der Waals surface area contributed by atoms with Crippen LogP contribution in [0.3, 0.4) is 0 Å². The van der Waals surface area contributed by atoms with Crippen LogP contribution in [0.2, 0.25) is 0 Å². The summed E-state index contributed by atoms with van der Waals surface area (Å²) in [6, 6.07) is 6.56. The molecule has 2 rings (SSSR count). The molecule has 0 heterocycles. The smallest absolute Gasteiger partial charge is 0.230 e. The van der Waals surface area contributed by atoms with Crippen molar-refractivity contribution in [2.45, 2.75) is 51.0 Å². The van der Waals surface area contributed by atoms with Gasteiger partial charge in [0, 0.05) is 18.2 Å². The molecule has 0 saturated heterocycles. The highest BCUT2D eigenvalue weighted by molar-refractivity contribution is 5.87. The van der Waals surface area contributed by atoms with Gasteiger partial charge in [-0.2, -0.15) is 0 Å². The van der Waals surface area contributed by atoms with E-state index in [0.29, 0.717) is 11.5 Å². The first-order chi connectivity index (χ1) is 9.95. The summed E-state index contributed by atoms with van der Waals surface area (Å²) in [6.07, 6.45) is 3.62. The van der Waals surface area contributed by atoms with Crippen LogP contribution in [-0.2, 0) is 10.2 Å². The number of amides is 1. The van der Waals surface area contributed by atoms with Gasteiger partial charge in [-0.25, -0.2) is 4.39 Å². The Labute approximate surface area is 125 Å². The third-order valence-electron chi connectivity index (χ3n) is 4.56. The lowest BCUT2D eigenvalue weighted by atomic mass is 9.81. The number of halogens is 1. The molecule has 0 bridgehead atoms. The molecule has 0 radical (unpaired) electrons. The van der Waals surface area contributed by atoms with E-state index in [9.17, 15) is 9.18 Å². The maximum Gasteiger partial charge on any atom is 0.230 e. The number of hydrogen-bond donors (Lipinski definition) is 2. The molecule has 1 aliphatic rings. The predicted octanol–water partition coefficient (Wildman–Crippen LogP) is 2.77. The largest absolute Gasteiger partial charge is 0.396 e. The standard InChI is InChI=1S/C17H24FNO2/c1-17(2,14-5-3-4-6-15(14)18)16(21)19-13-9-7-12(11-20)8-10-13/h3-6,12-13,20H,7-11H2,1-2H3,(H,19,21). The maximum atomic E-state index is 13.9. The Morgan fingerprint density at radius 3 is 2.48 bits per heavy atom. The van der Waals surface area contributed by atoms with Crippen LogP contribution in [0.25, 0.3) is 0 Å². The van der Waals surface area contributed by atoms with Crippen molar-refractivity contribution in [2.24, 2.45) is 5.92 Å². The van der Waals surface area contributed by atoms with E-state index in [1.807, 2.05) is 0 Å². The summed E-state index contributed by atoms with van der Waals surface area (Å²) in [7, 11) is 0. The van der Waals surface area contributed by atoms with Gasteiger partial charge >= 0.3 is 0 Å². The minimum Gasteiger partial charge on any atom is -0.396 e. The number of aliphatic hydroxyl groups is 1. The molecule has 2 N–H and O–H groups in total. The van der Waals surface area contributed by atoms with Gasteiger partial charge in [0.1, 0.15) is 5.82 Å². The van der Waals surface area contributed by atoms with Crippen LogP contribution in [-0.4, -0.2) is 23.7 Å². The zero-order chi connectivity index (χ0) is 15.5. The quantitative estimate of drug-likeness (QED) is 0.897. The molecule has 3 nitrogen and oxygen atoms in total. The van der Waals surface area contributed by atoms with Gasteiger partial charge in [0.15, 0.2) is 0 Å². The Kier molecular flexibility index (Phi) is 4.99. The minimum atomic E-state index is -0.890. The number of rotatable bonds is 4. The zero-order valence-corrected chi connectivity index (χ0v) is 12.7. The first-order valence-electron chi connectivity index (χ1n) is 7.62. The van der Waals surface area contributed by atoms with Gasteiger partial charge in [0.2, 0.25) is 5.91 Å². The van der Waals surface area contributed by atoms with Crippen LogP contribution >= 0.6 is 0 Å². The second kappa shape index (κ2) is 6.56. The number of benzene rings is 1. The van der Waals surface area contributed by atoms with Crippen molar-refractivity contribution >= 4 is 5.91 Å². The molecule has 0 aliphatic heterocycles. The van der Waals surface area contributed by atoms with Crippen molar-refractivity contribution in [3.8, 4) is 0 Å². The molecular formula is C17H24FNO2. The van der Waals surface area contributed by atoms with Gasteiger partial charge in [-0.1, -0.05) is 18.2 Å². The minimum absolute atomic E-state index is 0.131. The monoisotopic (exact) mass is 293 g/mol. The summed E-state index contributed by atoms with van der Waals surface area (Å²) in [5, 5.41) is 12.2. The number of hydrogen-bond acceptors (Lipinski definition) is 2. The average Bonchev–Trinajstić information content (AvgIpc) is 2.48. The first kappa shape index (κ1) is 16.0. The van der Waals surface area contributed by atoms with Crippen LogP contribution in [0.5, 0.6) is 0 Å². The SMILES string of the molecule is CC(C)(C(=O)NC1CCC(CO)CC1)c1ccccc1F. The van der Waals surface area contributed by atoms with E-state index in [1.165, 1.54) is 6.07 Å². The van der Waals surface area contributed by atoms with E-state index < -0.39 is 5.41 Å². The lowest BCUT2D eigenvalue weighted by Gasteiger charge is -2.32. The Balaban J connectivity index is 2.01. The van der Waals surface area contributed by atoms with Gasteiger partial charge in [-0.05, 0) is 51.5 Å². The normalized spacial score (nSPS) is 22.9. The van der Waals surface area contributed by atoms with Crippen molar-refractivity contribution in [2.75, 3.05) is 6.61 Å². The summed E-state index contributed by atoms with van der Waals surface area (Å²) in [6.45, 7) is 3.72. The summed E-state index contributed by atoms with van der Waals surface area (Å²) in [5.41, 5.74) is -0.467. The summed E-state index contributed by atoms with van der Waals surface area (Å²) in [5.74, 6) is -0.126. The highest BCUT2D eigenvalue weighted by Gasteiger charge is 2.34. The predicted molar refractivity (Wildman–Crippen MR) is 80.4 cm³/mol. The molecule has 0 atom stereocenters. The molecule has 1 aliphatic carbocycles. The molecule has 0 unspecified atom stereocenters. The molecule has 4 heteroatoms. The number of carbonyl (C=O) groups is 1. The van der Waals surface area contributed by atoms with E-state index in [1.54, 1.807) is 32.0 Å². The van der Waals surface area contributed by atoms with Crippen molar-refractivity contribution in [1.29, 1.82) is 0 Å². The van der Waals surface area contributed by atoms with Crippen molar-refractivity contribution in [3.05, 3.63) is 35.6 Å². The number of aliphatic hydroxyl groups excluding tert-OH is 1. The van der Waals surface area contributed by atoms with Gasteiger partial charge in [-0.15, -0.1) is 0 Å². The van der Waals surface area contributed by atoms with Gasteiger partial charge < -0.3 is 10.4 Å². The van der Waals surface area contributed by atoms with Crippen molar-refractivity contribution in [3.63, 3.8) is 0 Å². The average molecular weight is 293 g/mol. The molecule has 1 amide bonds. The van der Waals surface area contributed by atoms with E-state index in [0.717, 1.165) is 25.7 Å². The first-order valence-corrected chi connectivity index (χ1v) is 7.62. The third-order valence-corrected chi connectivity index (χ3v) is 4.56. The zero-order valence-electron chi connectivity index (χ0n) is 12.7. The van der Waals surface area contributed by atoms with E-state index in [4.69, 9.17) is 5.11 Å². The van der Waals surface area contributed by atoms with Crippen LogP contribution < -0.4 is 5.32 Å². The summed E-state index contributed by atoms with van der Waals surface area (Å²) in [4.78, 5) is 12.5. The Bertz CT molecular complexity index is 493. The second-order valence-electron chi connectivity index (χ2n) is 6.48.